The van der Waals surface area contributed by atoms with Crippen LogP contribution < -0.4 is 16.4 Å². The summed E-state index contributed by atoms with van der Waals surface area (Å²) in [5.74, 6) is -1.62. The maximum atomic E-state index is 14.5. The van der Waals surface area contributed by atoms with Crippen molar-refractivity contribution in [1.29, 1.82) is 0 Å². The average molecular weight is 518 g/mol. The van der Waals surface area contributed by atoms with Crippen LogP contribution in [0.25, 0.3) is 16.8 Å². The summed E-state index contributed by atoms with van der Waals surface area (Å²) in [4.78, 5) is 16.0. The summed E-state index contributed by atoms with van der Waals surface area (Å²) >= 11 is 0. The topological polar surface area (TPSA) is 138 Å². The molecule has 2 heterocycles. The van der Waals surface area contributed by atoms with Crippen LogP contribution in [0.2, 0.25) is 0 Å². The molecule has 0 saturated carbocycles. The van der Waals surface area contributed by atoms with Crippen LogP contribution in [0.15, 0.2) is 54.7 Å². The summed E-state index contributed by atoms with van der Waals surface area (Å²) < 4.78 is 54.4. The largest absolute Gasteiger partial charge is 0.416 e. The number of nitrogens with zero attached hydrogens (tertiary/aromatic N) is 3. The number of aliphatic hydroxyl groups is 2. The van der Waals surface area contributed by atoms with Crippen molar-refractivity contribution in [2.24, 2.45) is 5.73 Å². The molecular weight excluding hydrogens is 496 g/mol. The number of primary amides is 1. The first kappa shape index (κ1) is 25.9. The Balaban J connectivity index is 1.69. The Bertz CT molecular complexity index is 1470. The monoisotopic (exact) mass is 518 g/mol. The molecule has 0 fully saturated rings. The Labute approximate surface area is 207 Å². The molecule has 194 valence electrons. The number of aromatic nitrogens is 3. The minimum absolute atomic E-state index is 0.0174. The number of fused-ring (bicyclic) bond motifs is 1. The second-order valence-electron chi connectivity index (χ2n) is 8.59. The number of hydrogen-bond donors (Lipinski definition) is 5. The van der Waals surface area contributed by atoms with Gasteiger partial charge in [-0.1, -0.05) is 18.2 Å². The molecule has 0 saturated heterocycles. The van der Waals surface area contributed by atoms with Gasteiger partial charge in [-0.25, -0.2) is 13.9 Å². The zero-order chi connectivity index (χ0) is 27.0. The predicted molar refractivity (Wildman–Crippen MR) is 128 cm³/mol. The lowest BCUT2D eigenvalue weighted by molar-refractivity contribution is -0.137. The van der Waals surface area contributed by atoms with Crippen molar-refractivity contribution in [3.05, 3.63) is 71.8 Å². The zero-order valence-electron chi connectivity index (χ0n) is 19.3. The fourth-order valence-electron chi connectivity index (χ4n) is 3.51. The molecule has 37 heavy (non-hydrogen) atoms. The number of aliphatic hydroxyl groups excluding tert-OH is 1. The number of anilines is 3. The summed E-state index contributed by atoms with van der Waals surface area (Å²) in [5, 5.41) is 29.7. The van der Waals surface area contributed by atoms with Gasteiger partial charge < -0.3 is 26.6 Å². The number of carbonyl (C=O) groups is 1. The predicted octanol–water partition coefficient (Wildman–Crippen LogP) is 3.55. The quantitative estimate of drug-likeness (QED) is 0.225. The molecule has 2 aromatic heterocycles. The van der Waals surface area contributed by atoms with E-state index in [2.05, 4.69) is 20.7 Å². The number of nitrogens with two attached hydrogens (primary N) is 1. The number of hydrogen-bond acceptors (Lipinski definition) is 7. The maximum absolute atomic E-state index is 14.5. The third-order valence-electron chi connectivity index (χ3n) is 5.46. The number of benzene rings is 2. The van der Waals surface area contributed by atoms with Gasteiger partial charge in [-0.2, -0.15) is 13.2 Å². The van der Waals surface area contributed by atoms with Crippen molar-refractivity contribution in [3.8, 4) is 11.1 Å². The highest BCUT2D eigenvalue weighted by atomic mass is 19.4. The summed E-state index contributed by atoms with van der Waals surface area (Å²) in [5.41, 5.74) is 4.14. The lowest BCUT2D eigenvalue weighted by Crippen LogP contribution is -2.37. The summed E-state index contributed by atoms with van der Waals surface area (Å²) in [6, 6.07) is 10.1. The van der Waals surface area contributed by atoms with E-state index in [1.54, 1.807) is 18.2 Å². The number of rotatable bonds is 8. The van der Waals surface area contributed by atoms with Crippen molar-refractivity contribution in [2.75, 3.05) is 23.8 Å². The fourth-order valence-corrected chi connectivity index (χ4v) is 3.51. The van der Waals surface area contributed by atoms with E-state index in [0.29, 0.717) is 23.0 Å². The van der Waals surface area contributed by atoms with Gasteiger partial charge in [0.15, 0.2) is 11.5 Å². The van der Waals surface area contributed by atoms with E-state index in [-0.39, 0.29) is 29.3 Å². The molecular formula is C24H22F4N6O3. The Morgan fingerprint density at radius 2 is 1.92 bits per heavy atom. The van der Waals surface area contributed by atoms with Crippen LogP contribution in [0.3, 0.4) is 0 Å². The van der Waals surface area contributed by atoms with Gasteiger partial charge in [-0.05, 0) is 36.8 Å². The number of imidazole rings is 1. The van der Waals surface area contributed by atoms with E-state index in [0.717, 1.165) is 12.1 Å². The van der Waals surface area contributed by atoms with Crippen LogP contribution in [-0.2, 0) is 6.18 Å². The highest BCUT2D eigenvalue weighted by molar-refractivity contribution is 5.92. The molecule has 13 heteroatoms. The molecule has 4 aromatic rings. The molecule has 1 amide bonds. The molecule has 0 unspecified atom stereocenters. The van der Waals surface area contributed by atoms with Crippen molar-refractivity contribution in [1.82, 2.24) is 14.6 Å². The smallest absolute Gasteiger partial charge is 0.393 e. The highest BCUT2D eigenvalue weighted by Gasteiger charge is 2.31. The van der Waals surface area contributed by atoms with Gasteiger partial charge in [-0.15, -0.1) is 5.10 Å². The second kappa shape index (κ2) is 9.67. The molecule has 1 atom stereocenters. The SMILES string of the molecule is C[C@](O)(CO)CNc1cc(Nc2cccc(-c3ccc(C(F)(F)F)cc3F)c2)nn2c(C(N)=O)cnc12. The van der Waals surface area contributed by atoms with Crippen LogP contribution in [0.1, 0.15) is 23.0 Å². The first-order chi connectivity index (χ1) is 17.4. The molecule has 0 aliphatic rings. The average Bonchev–Trinajstić information content (AvgIpc) is 3.26. The summed E-state index contributed by atoms with van der Waals surface area (Å²) in [7, 11) is 0. The molecule has 9 nitrogen and oxygen atoms in total. The van der Waals surface area contributed by atoms with Crippen LogP contribution in [0.5, 0.6) is 0 Å². The number of alkyl halides is 3. The van der Waals surface area contributed by atoms with Crippen molar-refractivity contribution >= 4 is 28.7 Å². The summed E-state index contributed by atoms with van der Waals surface area (Å²) in [6.07, 6.45) is -3.43. The van der Waals surface area contributed by atoms with Crippen LogP contribution in [0, 0.1) is 5.82 Å². The van der Waals surface area contributed by atoms with Gasteiger partial charge in [0.05, 0.1) is 24.1 Å². The Morgan fingerprint density at radius 3 is 2.57 bits per heavy atom. The molecule has 2 aromatic carbocycles. The van der Waals surface area contributed by atoms with Crippen LogP contribution in [-0.4, -0.2) is 49.5 Å². The van der Waals surface area contributed by atoms with Crippen molar-refractivity contribution < 1.29 is 32.6 Å². The Kier molecular flexibility index (Phi) is 6.76. The minimum atomic E-state index is -4.67. The zero-order valence-corrected chi connectivity index (χ0v) is 19.3. The Morgan fingerprint density at radius 1 is 1.16 bits per heavy atom. The first-order valence-electron chi connectivity index (χ1n) is 10.9. The highest BCUT2D eigenvalue weighted by Crippen LogP contribution is 2.34. The third-order valence-corrected chi connectivity index (χ3v) is 5.46. The molecule has 0 bridgehead atoms. The van der Waals surface area contributed by atoms with E-state index >= 15 is 0 Å². The number of halogens is 4. The van der Waals surface area contributed by atoms with Crippen LogP contribution in [0.4, 0.5) is 34.8 Å². The standard InChI is InChI=1S/C24H22F4N6O3/c1-23(37,12-35)11-31-18-9-20(33-34-19(21(29)36)10-30-22(18)34)32-15-4-2-3-13(7-15)16-6-5-14(8-17(16)25)24(26,27)28/h2-10,31,35,37H,11-12H2,1H3,(H2,29,36)(H,32,33)/t23-/m1/s1. The molecule has 0 radical (unpaired) electrons. The third kappa shape index (κ3) is 5.62. The van der Waals surface area contributed by atoms with Crippen molar-refractivity contribution in [2.45, 2.75) is 18.7 Å². The number of carbonyl (C=O) groups excluding carboxylic acids is 1. The number of amides is 1. The van der Waals surface area contributed by atoms with Gasteiger partial charge in [0, 0.05) is 23.9 Å². The van der Waals surface area contributed by atoms with E-state index in [9.17, 15) is 32.6 Å². The molecule has 0 aliphatic heterocycles. The van der Waals surface area contributed by atoms with E-state index in [1.165, 1.54) is 29.8 Å². The molecule has 6 N–H and O–H groups in total. The lowest BCUT2D eigenvalue weighted by atomic mass is 10.0. The second-order valence-corrected chi connectivity index (χ2v) is 8.59. The van der Waals surface area contributed by atoms with Crippen LogP contribution >= 0.6 is 0 Å². The normalized spacial score (nSPS) is 13.4. The Hall–Kier alpha value is -4.23. The molecule has 0 spiro atoms. The number of nitrogens with one attached hydrogen (secondary N) is 2. The maximum Gasteiger partial charge on any atom is 0.416 e. The van der Waals surface area contributed by atoms with Gasteiger partial charge in [0.2, 0.25) is 0 Å². The van der Waals surface area contributed by atoms with Gasteiger partial charge in [0.25, 0.3) is 5.91 Å². The van der Waals surface area contributed by atoms with Gasteiger partial charge in [0.1, 0.15) is 17.1 Å². The fraction of sp³-hybridized carbons (Fsp3) is 0.208. The molecule has 4 rings (SSSR count). The minimum Gasteiger partial charge on any atom is -0.393 e. The van der Waals surface area contributed by atoms with E-state index in [1.807, 2.05) is 0 Å². The van der Waals surface area contributed by atoms with Gasteiger partial charge in [-0.3, -0.25) is 4.79 Å². The first-order valence-corrected chi connectivity index (χ1v) is 10.9. The summed E-state index contributed by atoms with van der Waals surface area (Å²) in [6.45, 7) is 0.842. The van der Waals surface area contributed by atoms with E-state index in [4.69, 9.17) is 5.73 Å². The molecule has 0 aliphatic carbocycles. The van der Waals surface area contributed by atoms with Gasteiger partial charge >= 0.3 is 6.18 Å². The van der Waals surface area contributed by atoms with Crippen molar-refractivity contribution in [3.63, 3.8) is 0 Å². The van der Waals surface area contributed by atoms with E-state index < -0.39 is 35.7 Å². The lowest BCUT2D eigenvalue weighted by Gasteiger charge is -2.21.